The number of para-hydroxylation sites is 1. The van der Waals surface area contributed by atoms with Crippen molar-refractivity contribution in [2.75, 3.05) is 19.6 Å². The van der Waals surface area contributed by atoms with Crippen LogP contribution >= 0.6 is 12.4 Å². The van der Waals surface area contributed by atoms with Crippen molar-refractivity contribution < 1.29 is 9.21 Å². The molecule has 1 aromatic carbocycles. The van der Waals surface area contributed by atoms with Gasteiger partial charge < -0.3 is 15.1 Å². The molecule has 3 aromatic rings. The lowest BCUT2D eigenvalue weighted by atomic mass is 10.1. The molecule has 0 atom stereocenters. The molecule has 1 aliphatic heterocycles. The summed E-state index contributed by atoms with van der Waals surface area (Å²) in [6.45, 7) is 4.36. The van der Waals surface area contributed by atoms with Gasteiger partial charge in [0.15, 0.2) is 5.69 Å². The third-order valence-electron chi connectivity index (χ3n) is 4.93. The highest BCUT2D eigenvalue weighted by molar-refractivity contribution is 5.93. The average molecular weight is 390 g/mol. The van der Waals surface area contributed by atoms with Crippen LogP contribution in [0.1, 0.15) is 40.8 Å². The van der Waals surface area contributed by atoms with Gasteiger partial charge in [0, 0.05) is 18.4 Å². The summed E-state index contributed by atoms with van der Waals surface area (Å²) in [6, 6.07) is 10.2. The predicted octanol–water partition coefficient (Wildman–Crippen LogP) is 2.65. The second-order valence-corrected chi connectivity index (χ2v) is 6.71. The Hall–Kier alpha value is -2.38. The molecule has 4 rings (SSSR count). The molecule has 0 bridgehead atoms. The van der Waals surface area contributed by atoms with Gasteiger partial charge in [-0.2, -0.15) is 0 Å². The number of carbonyl (C=O) groups excluding carboxylic acids is 1. The first kappa shape index (κ1) is 19.4. The number of hydrogen-bond donors (Lipinski definition) is 2. The van der Waals surface area contributed by atoms with Crippen molar-refractivity contribution in [2.24, 2.45) is 0 Å². The Morgan fingerprint density at radius 2 is 2.11 bits per heavy atom. The second-order valence-electron chi connectivity index (χ2n) is 6.71. The minimum atomic E-state index is -0.182. The monoisotopic (exact) mass is 389 g/mol. The Morgan fingerprint density at radius 3 is 2.89 bits per heavy atom. The number of piperidine rings is 1. The third-order valence-corrected chi connectivity index (χ3v) is 4.93. The molecule has 0 radical (unpaired) electrons. The molecule has 0 unspecified atom stereocenters. The Bertz CT molecular complexity index is 881. The lowest BCUT2D eigenvalue weighted by molar-refractivity contribution is 0.0948. The Kier molecular flexibility index (Phi) is 6.13. The molecule has 8 heteroatoms. The van der Waals surface area contributed by atoms with E-state index in [4.69, 9.17) is 4.42 Å². The highest BCUT2D eigenvalue weighted by Gasteiger charge is 2.22. The van der Waals surface area contributed by atoms with Gasteiger partial charge in [-0.1, -0.05) is 23.4 Å². The summed E-state index contributed by atoms with van der Waals surface area (Å²) in [5, 5.41) is 15.7. The standard InChI is InChI=1S/C19H23N5O2.ClH/c1-13-18(22-23-24(13)15-6-9-20-10-7-15)19(25)21-11-8-16-12-14-4-2-3-5-17(14)26-16;/h2-5,12,15,20H,6-11H2,1H3,(H,21,25);1H. The van der Waals surface area contributed by atoms with Gasteiger partial charge in [-0.05, 0) is 45.0 Å². The smallest absolute Gasteiger partial charge is 0.273 e. The van der Waals surface area contributed by atoms with Gasteiger partial charge in [0.25, 0.3) is 5.91 Å². The van der Waals surface area contributed by atoms with Crippen LogP contribution in [0, 0.1) is 6.92 Å². The van der Waals surface area contributed by atoms with Gasteiger partial charge in [0.1, 0.15) is 11.3 Å². The van der Waals surface area contributed by atoms with Gasteiger partial charge in [-0.25, -0.2) is 4.68 Å². The molecule has 2 aromatic heterocycles. The zero-order valence-electron chi connectivity index (χ0n) is 15.3. The summed E-state index contributed by atoms with van der Waals surface area (Å²) >= 11 is 0. The maximum atomic E-state index is 12.5. The number of nitrogens with zero attached hydrogens (tertiary/aromatic N) is 3. The quantitative estimate of drug-likeness (QED) is 0.700. The largest absolute Gasteiger partial charge is 0.461 e. The van der Waals surface area contributed by atoms with Crippen molar-refractivity contribution in [3.8, 4) is 0 Å². The summed E-state index contributed by atoms with van der Waals surface area (Å²) < 4.78 is 7.67. The first-order valence-electron chi connectivity index (χ1n) is 9.10. The first-order valence-corrected chi connectivity index (χ1v) is 9.10. The molecule has 0 saturated carbocycles. The van der Waals surface area contributed by atoms with Crippen LogP contribution in [0.3, 0.4) is 0 Å². The number of amides is 1. The van der Waals surface area contributed by atoms with E-state index in [1.165, 1.54) is 0 Å². The molecule has 27 heavy (non-hydrogen) atoms. The van der Waals surface area contributed by atoms with E-state index in [2.05, 4.69) is 20.9 Å². The normalized spacial score (nSPS) is 14.9. The van der Waals surface area contributed by atoms with Crippen LogP contribution in [0.15, 0.2) is 34.7 Å². The zero-order valence-corrected chi connectivity index (χ0v) is 16.1. The molecule has 1 aliphatic rings. The van der Waals surface area contributed by atoms with E-state index in [1.54, 1.807) is 0 Å². The molecule has 1 saturated heterocycles. The highest BCUT2D eigenvalue weighted by Crippen LogP contribution is 2.21. The van der Waals surface area contributed by atoms with Crippen LogP contribution in [0.4, 0.5) is 0 Å². The predicted molar refractivity (Wildman–Crippen MR) is 105 cm³/mol. The topological polar surface area (TPSA) is 85.0 Å². The number of halogens is 1. The maximum absolute atomic E-state index is 12.5. The van der Waals surface area contributed by atoms with Crippen molar-refractivity contribution in [2.45, 2.75) is 32.2 Å². The molecule has 2 N–H and O–H groups in total. The average Bonchev–Trinajstić information content (AvgIpc) is 3.25. The van der Waals surface area contributed by atoms with E-state index in [1.807, 2.05) is 41.9 Å². The van der Waals surface area contributed by atoms with Crippen LogP contribution in [-0.2, 0) is 6.42 Å². The summed E-state index contributed by atoms with van der Waals surface area (Å²) in [5.41, 5.74) is 2.11. The summed E-state index contributed by atoms with van der Waals surface area (Å²) in [5.74, 6) is 0.681. The summed E-state index contributed by atoms with van der Waals surface area (Å²) in [7, 11) is 0. The summed E-state index contributed by atoms with van der Waals surface area (Å²) in [6.07, 6.45) is 2.66. The van der Waals surface area contributed by atoms with Gasteiger partial charge in [-0.15, -0.1) is 17.5 Å². The van der Waals surface area contributed by atoms with Crippen molar-refractivity contribution in [3.63, 3.8) is 0 Å². The molecule has 0 aliphatic carbocycles. The van der Waals surface area contributed by atoms with Crippen molar-refractivity contribution in [1.29, 1.82) is 0 Å². The fourth-order valence-electron chi connectivity index (χ4n) is 3.49. The van der Waals surface area contributed by atoms with Crippen molar-refractivity contribution >= 4 is 29.3 Å². The number of carbonyl (C=O) groups is 1. The van der Waals surface area contributed by atoms with Crippen LogP contribution < -0.4 is 10.6 Å². The van der Waals surface area contributed by atoms with Crippen molar-refractivity contribution in [3.05, 3.63) is 47.5 Å². The number of furan rings is 1. The van der Waals surface area contributed by atoms with E-state index in [9.17, 15) is 4.79 Å². The molecule has 7 nitrogen and oxygen atoms in total. The lowest BCUT2D eigenvalue weighted by Crippen LogP contribution is -2.30. The Labute approximate surface area is 163 Å². The van der Waals surface area contributed by atoms with Gasteiger partial charge in [0.2, 0.25) is 0 Å². The molecule has 1 fully saturated rings. The van der Waals surface area contributed by atoms with Crippen LogP contribution in [0.5, 0.6) is 0 Å². The lowest BCUT2D eigenvalue weighted by Gasteiger charge is -2.23. The molecule has 3 heterocycles. The number of hydrogen-bond acceptors (Lipinski definition) is 5. The first-order chi connectivity index (χ1) is 12.7. The van der Waals surface area contributed by atoms with E-state index in [0.29, 0.717) is 24.7 Å². The van der Waals surface area contributed by atoms with Gasteiger partial charge in [0.05, 0.1) is 11.7 Å². The third kappa shape index (κ3) is 4.14. The molecule has 0 spiro atoms. The Morgan fingerprint density at radius 1 is 1.33 bits per heavy atom. The molecular formula is C19H24ClN5O2. The maximum Gasteiger partial charge on any atom is 0.273 e. The fraction of sp³-hybridized carbons (Fsp3) is 0.421. The van der Waals surface area contributed by atoms with E-state index in [0.717, 1.165) is 48.4 Å². The summed E-state index contributed by atoms with van der Waals surface area (Å²) in [4.78, 5) is 12.5. The molecule has 1 amide bonds. The highest BCUT2D eigenvalue weighted by atomic mass is 35.5. The fourth-order valence-corrected chi connectivity index (χ4v) is 3.49. The zero-order chi connectivity index (χ0) is 17.9. The molecular weight excluding hydrogens is 366 g/mol. The number of nitrogens with one attached hydrogen (secondary N) is 2. The van der Waals surface area contributed by atoms with E-state index >= 15 is 0 Å². The molecule has 144 valence electrons. The second kappa shape index (κ2) is 8.54. The number of benzene rings is 1. The SMILES string of the molecule is Cc1c(C(=O)NCCc2cc3ccccc3o2)nnn1C1CCNCC1.Cl. The van der Waals surface area contributed by atoms with E-state index < -0.39 is 0 Å². The number of fused-ring (bicyclic) bond motifs is 1. The van der Waals surface area contributed by atoms with Crippen LogP contribution in [0.2, 0.25) is 0 Å². The minimum absolute atomic E-state index is 0. The Balaban J connectivity index is 0.00000210. The van der Waals surface area contributed by atoms with Gasteiger partial charge in [-0.3, -0.25) is 4.79 Å². The van der Waals surface area contributed by atoms with Crippen molar-refractivity contribution in [1.82, 2.24) is 25.6 Å². The van der Waals surface area contributed by atoms with Crippen LogP contribution in [-0.4, -0.2) is 40.5 Å². The van der Waals surface area contributed by atoms with Crippen LogP contribution in [0.25, 0.3) is 11.0 Å². The van der Waals surface area contributed by atoms with E-state index in [-0.39, 0.29) is 18.3 Å². The number of aromatic nitrogens is 3. The number of rotatable bonds is 5. The minimum Gasteiger partial charge on any atom is -0.461 e. The van der Waals surface area contributed by atoms with Gasteiger partial charge >= 0.3 is 0 Å².